The van der Waals surface area contributed by atoms with Gasteiger partial charge in [-0.2, -0.15) is 0 Å². The minimum Gasteiger partial charge on any atom is -0.492 e. The Balaban J connectivity index is 1.76. The Bertz CT molecular complexity index is 322. The summed E-state index contributed by atoms with van der Waals surface area (Å²) in [6.07, 6.45) is 5.35. The lowest BCUT2D eigenvalue weighted by Gasteiger charge is -2.36. The lowest BCUT2D eigenvalue weighted by Crippen LogP contribution is -2.38. The molecule has 1 aliphatic carbocycles. The Morgan fingerprint density at radius 1 is 1.47 bits per heavy atom. The van der Waals surface area contributed by atoms with E-state index in [4.69, 9.17) is 4.74 Å². The van der Waals surface area contributed by atoms with Gasteiger partial charge in [-0.05, 0) is 47.3 Å². The van der Waals surface area contributed by atoms with Crippen molar-refractivity contribution in [3.8, 4) is 5.75 Å². The number of aromatic nitrogens is 1. The van der Waals surface area contributed by atoms with Crippen molar-refractivity contribution in [2.75, 3.05) is 6.61 Å². The molecule has 0 bridgehead atoms. The average molecular weight is 272 g/mol. The number of rotatable bonds is 4. The summed E-state index contributed by atoms with van der Waals surface area (Å²) in [5, 5.41) is 9.83. The fourth-order valence-electron chi connectivity index (χ4n) is 1.64. The third-order valence-electron chi connectivity index (χ3n) is 2.82. The van der Waals surface area contributed by atoms with Crippen LogP contribution in [0.3, 0.4) is 0 Å². The first-order valence-corrected chi connectivity index (χ1v) is 5.94. The average Bonchev–Trinajstić information content (AvgIpc) is 2.19. The summed E-state index contributed by atoms with van der Waals surface area (Å²) >= 11 is 3.26. The Kier molecular flexibility index (Phi) is 3.26. The number of aliphatic hydroxyl groups is 1. The zero-order valence-electron chi connectivity index (χ0n) is 8.45. The second-order valence-corrected chi connectivity index (χ2v) is 4.81. The molecular formula is C11H14BrNO2. The van der Waals surface area contributed by atoms with Gasteiger partial charge in [0.05, 0.1) is 18.4 Å². The van der Waals surface area contributed by atoms with Crippen LogP contribution in [-0.2, 0) is 0 Å². The number of ether oxygens (including phenoxy) is 1. The first kappa shape index (κ1) is 10.9. The molecule has 0 amide bonds. The van der Waals surface area contributed by atoms with Gasteiger partial charge in [0, 0.05) is 6.42 Å². The maximum absolute atomic E-state index is 9.83. The van der Waals surface area contributed by atoms with Gasteiger partial charge < -0.3 is 9.84 Å². The molecule has 1 N–H and O–H groups in total. The standard InChI is InChI=1S/C11H14BrNO2/c12-10-3-2-9(8-13-10)15-7-6-11(14)4-1-5-11/h2-3,8,14H,1,4-7H2. The molecular weight excluding hydrogens is 258 g/mol. The van der Waals surface area contributed by atoms with Gasteiger partial charge in [0.2, 0.25) is 0 Å². The van der Waals surface area contributed by atoms with Gasteiger partial charge >= 0.3 is 0 Å². The zero-order chi connectivity index (χ0) is 10.7. The van der Waals surface area contributed by atoms with E-state index in [0.29, 0.717) is 13.0 Å². The topological polar surface area (TPSA) is 42.4 Å². The molecule has 0 aromatic carbocycles. The summed E-state index contributed by atoms with van der Waals surface area (Å²) in [5.74, 6) is 0.751. The molecule has 1 saturated carbocycles. The molecule has 0 atom stereocenters. The number of hydrogen-bond donors (Lipinski definition) is 1. The Hall–Kier alpha value is -0.610. The summed E-state index contributed by atoms with van der Waals surface area (Å²) in [6, 6.07) is 3.70. The van der Waals surface area contributed by atoms with Crippen LogP contribution in [0.4, 0.5) is 0 Å². The van der Waals surface area contributed by atoms with E-state index >= 15 is 0 Å². The second-order valence-electron chi connectivity index (χ2n) is 3.99. The molecule has 1 aromatic rings. The molecule has 0 radical (unpaired) electrons. The predicted octanol–water partition coefficient (Wildman–Crippen LogP) is 2.53. The van der Waals surface area contributed by atoms with E-state index in [1.165, 1.54) is 0 Å². The van der Waals surface area contributed by atoms with Crippen molar-refractivity contribution in [3.05, 3.63) is 22.9 Å². The van der Waals surface area contributed by atoms with Crippen LogP contribution in [0.15, 0.2) is 22.9 Å². The van der Waals surface area contributed by atoms with Gasteiger partial charge in [0.25, 0.3) is 0 Å². The van der Waals surface area contributed by atoms with E-state index < -0.39 is 5.60 Å². The fourth-order valence-corrected chi connectivity index (χ4v) is 1.88. The van der Waals surface area contributed by atoms with Crippen LogP contribution in [0.25, 0.3) is 0 Å². The molecule has 0 saturated heterocycles. The van der Waals surface area contributed by atoms with Crippen LogP contribution in [0.1, 0.15) is 25.7 Å². The molecule has 2 rings (SSSR count). The van der Waals surface area contributed by atoms with Crippen LogP contribution in [-0.4, -0.2) is 22.3 Å². The minimum atomic E-state index is -0.456. The zero-order valence-corrected chi connectivity index (χ0v) is 10.0. The van der Waals surface area contributed by atoms with Crippen molar-refractivity contribution in [2.24, 2.45) is 0 Å². The van der Waals surface area contributed by atoms with Gasteiger partial charge in [0.1, 0.15) is 10.4 Å². The molecule has 1 aromatic heterocycles. The van der Waals surface area contributed by atoms with E-state index in [0.717, 1.165) is 29.6 Å². The second kappa shape index (κ2) is 4.49. The molecule has 4 heteroatoms. The number of nitrogens with zero attached hydrogens (tertiary/aromatic N) is 1. The van der Waals surface area contributed by atoms with E-state index in [1.54, 1.807) is 6.20 Å². The Labute approximate surface area is 97.6 Å². The van der Waals surface area contributed by atoms with E-state index in [2.05, 4.69) is 20.9 Å². The highest BCUT2D eigenvalue weighted by Crippen LogP contribution is 2.34. The van der Waals surface area contributed by atoms with Crippen LogP contribution in [0.2, 0.25) is 0 Å². The molecule has 15 heavy (non-hydrogen) atoms. The predicted molar refractivity (Wildman–Crippen MR) is 60.8 cm³/mol. The first-order chi connectivity index (χ1) is 7.18. The summed E-state index contributed by atoms with van der Waals surface area (Å²) in [5.41, 5.74) is -0.456. The molecule has 0 spiro atoms. The van der Waals surface area contributed by atoms with Gasteiger partial charge in [-0.25, -0.2) is 4.98 Å². The van der Waals surface area contributed by atoms with Crippen LogP contribution in [0.5, 0.6) is 5.75 Å². The van der Waals surface area contributed by atoms with Gasteiger partial charge in [-0.1, -0.05) is 0 Å². The summed E-state index contributed by atoms with van der Waals surface area (Å²) in [7, 11) is 0. The molecule has 1 aliphatic rings. The number of halogens is 1. The summed E-state index contributed by atoms with van der Waals surface area (Å²) in [4.78, 5) is 4.06. The highest BCUT2D eigenvalue weighted by atomic mass is 79.9. The fraction of sp³-hybridized carbons (Fsp3) is 0.545. The smallest absolute Gasteiger partial charge is 0.137 e. The third kappa shape index (κ3) is 2.92. The van der Waals surface area contributed by atoms with Crippen LogP contribution in [0, 0.1) is 0 Å². The lowest BCUT2D eigenvalue weighted by atomic mass is 9.78. The normalized spacial score (nSPS) is 18.3. The minimum absolute atomic E-state index is 0.456. The maximum atomic E-state index is 9.83. The van der Waals surface area contributed by atoms with Crippen molar-refractivity contribution >= 4 is 15.9 Å². The van der Waals surface area contributed by atoms with Crippen molar-refractivity contribution in [3.63, 3.8) is 0 Å². The highest BCUT2D eigenvalue weighted by Gasteiger charge is 2.33. The van der Waals surface area contributed by atoms with Crippen molar-refractivity contribution in [1.29, 1.82) is 0 Å². The molecule has 0 unspecified atom stereocenters. The van der Waals surface area contributed by atoms with Crippen LogP contribution < -0.4 is 4.74 Å². The Morgan fingerprint density at radius 2 is 2.27 bits per heavy atom. The quantitative estimate of drug-likeness (QED) is 0.856. The van der Waals surface area contributed by atoms with Gasteiger partial charge in [-0.3, -0.25) is 0 Å². The van der Waals surface area contributed by atoms with Gasteiger partial charge in [0.15, 0.2) is 0 Å². The SMILES string of the molecule is OC1(CCOc2ccc(Br)nc2)CCC1. The lowest BCUT2D eigenvalue weighted by molar-refractivity contribution is -0.0482. The molecule has 82 valence electrons. The van der Waals surface area contributed by atoms with E-state index in [1.807, 2.05) is 12.1 Å². The molecule has 0 aliphatic heterocycles. The summed E-state index contributed by atoms with van der Waals surface area (Å²) in [6.45, 7) is 0.555. The maximum Gasteiger partial charge on any atom is 0.137 e. The summed E-state index contributed by atoms with van der Waals surface area (Å²) < 4.78 is 6.29. The van der Waals surface area contributed by atoms with Crippen molar-refractivity contribution in [2.45, 2.75) is 31.3 Å². The number of pyridine rings is 1. The first-order valence-electron chi connectivity index (χ1n) is 5.15. The molecule has 1 heterocycles. The van der Waals surface area contributed by atoms with E-state index in [9.17, 15) is 5.11 Å². The monoisotopic (exact) mass is 271 g/mol. The van der Waals surface area contributed by atoms with Gasteiger partial charge in [-0.15, -0.1) is 0 Å². The van der Waals surface area contributed by atoms with Crippen molar-refractivity contribution < 1.29 is 9.84 Å². The molecule has 1 fully saturated rings. The third-order valence-corrected chi connectivity index (χ3v) is 3.29. The highest BCUT2D eigenvalue weighted by molar-refractivity contribution is 9.10. The Morgan fingerprint density at radius 3 is 2.80 bits per heavy atom. The van der Waals surface area contributed by atoms with E-state index in [-0.39, 0.29) is 0 Å². The van der Waals surface area contributed by atoms with Crippen molar-refractivity contribution in [1.82, 2.24) is 4.98 Å². The largest absolute Gasteiger partial charge is 0.492 e. The molecule has 3 nitrogen and oxygen atoms in total. The van der Waals surface area contributed by atoms with Crippen LogP contribution >= 0.6 is 15.9 Å². The number of hydrogen-bond acceptors (Lipinski definition) is 3.